The minimum atomic E-state index is -1.12. The number of carbonyl (C=O) groups excluding carboxylic acids is 1. The number of ether oxygens (including phenoxy) is 1. The molecular formula is C4H5NO4. The van der Waals surface area contributed by atoms with Crippen LogP contribution in [0.5, 0.6) is 0 Å². The third kappa shape index (κ3) is 1.10. The van der Waals surface area contributed by atoms with E-state index in [4.69, 9.17) is 5.11 Å². The molecule has 2 N–H and O–H groups in total. The third-order valence-electron chi connectivity index (χ3n) is 0.957. The van der Waals surface area contributed by atoms with Crippen molar-refractivity contribution in [2.75, 3.05) is 6.54 Å². The Hall–Kier alpha value is -1.26. The van der Waals surface area contributed by atoms with Crippen LogP contribution < -0.4 is 5.32 Å². The number of carboxylic acid groups (broad SMARTS) is 1. The van der Waals surface area contributed by atoms with Gasteiger partial charge < -0.3 is 15.2 Å². The molecule has 0 aromatic heterocycles. The summed E-state index contributed by atoms with van der Waals surface area (Å²) in [5, 5.41) is 10.4. The maximum Gasteiger partial charge on any atom is 0.408 e. The Morgan fingerprint density at radius 3 is 2.78 bits per heavy atom. The number of hydrogen-bond acceptors (Lipinski definition) is 3. The van der Waals surface area contributed by atoms with Crippen molar-refractivity contribution in [2.24, 2.45) is 0 Å². The number of alkyl carbamates (subject to hydrolysis) is 1. The molecule has 5 nitrogen and oxygen atoms in total. The van der Waals surface area contributed by atoms with E-state index in [0.717, 1.165) is 0 Å². The minimum absolute atomic E-state index is 0.0637. The monoisotopic (exact) mass is 131 g/mol. The van der Waals surface area contributed by atoms with Crippen molar-refractivity contribution < 1.29 is 19.4 Å². The summed E-state index contributed by atoms with van der Waals surface area (Å²) in [5.74, 6) is -1.12. The predicted octanol–water partition coefficient (Wildman–Crippen LogP) is -0.821. The van der Waals surface area contributed by atoms with Gasteiger partial charge in [-0.15, -0.1) is 0 Å². The van der Waals surface area contributed by atoms with Gasteiger partial charge in [-0.2, -0.15) is 0 Å². The molecule has 0 radical (unpaired) electrons. The first-order chi connectivity index (χ1) is 4.20. The van der Waals surface area contributed by atoms with E-state index in [1.807, 2.05) is 0 Å². The Balaban J connectivity index is 2.48. The van der Waals surface area contributed by atoms with E-state index in [0.29, 0.717) is 0 Å². The summed E-state index contributed by atoms with van der Waals surface area (Å²) in [4.78, 5) is 20.2. The van der Waals surface area contributed by atoms with Crippen LogP contribution in [0, 0.1) is 0 Å². The molecule has 0 spiro atoms. The maximum absolute atomic E-state index is 10.2. The fourth-order valence-electron chi connectivity index (χ4n) is 0.526. The van der Waals surface area contributed by atoms with Gasteiger partial charge >= 0.3 is 12.1 Å². The molecule has 0 aromatic rings. The topological polar surface area (TPSA) is 75.6 Å². The Bertz CT molecular complexity index is 155. The summed E-state index contributed by atoms with van der Waals surface area (Å²) < 4.78 is 4.27. The molecule has 1 heterocycles. The Labute approximate surface area is 50.6 Å². The lowest BCUT2D eigenvalue weighted by atomic mass is 10.4. The standard InChI is InChI=1S/C4H5NO4/c6-3(7)2-1-5-4(8)9-2/h2H,1H2,(H,5,8)(H,6,7)/t2-/m1/s1. The lowest BCUT2D eigenvalue weighted by molar-refractivity contribution is -0.144. The van der Waals surface area contributed by atoms with Crippen LogP contribution in [-0.4, -0.2) is 29.8 Å². The van der Waals surface area contributed by atoms with Gasteiger partial charge in [0.1, 0.15) is 0 Å². The van der Waals surface area contributed by atoms with E-state index < -0.39 is 18.2 Å². The van der Waals surface area contributed by atoms with Crippen LogP contribution in [0.15, 0.2) is 0 Å². The molecule has 1 rings (SSSR count). The van der Waals surface area contributed by atoms with Gasteiger partial charge in [0.15, 0.2) is 0 Å². The molecule has 1 saturated heterocycles. The number of carbonyl (C=O) groups is 2. The molecule has 5 heteroatoms. The molecule has 9 heavy (non-hydrogen) atoms. The molecule has 1 aliphatic rings. The first-order valence-electron chi connectivity index (χ1n) is 2.37. The highest BCUT2D eigenvalue weighted by molar-refractivity contribution is 5.80. The van der Waals surface area contributed by atoms with Crippen LogP contribution in [-0.2, 0) is 9.53 Å². The van der Waals surface area contributed by atoms with Crippen LogP contribution in [0.3, 0.4) is 0 Å². The fourth-order valence-corrected chi connectivity index (χ4v) is 0.526. The minimum Gasteiger partial charge on any atom is -0.478 e. The number of carboxylic acids is 1. The van der Waals surface area contributed by atoms with Crippen molar-refractivity contribution >= 4 is 12.1 Å². The second kappa shape index (κ2) is 1.93. The van der Waals surface area contributed by atoms with Gasteiger partial charge in [0.05, 0.1) is 6.54 Å². The lowest BCUT2D eigenvalue weighted by Gasteiger charge is -1.97. The van der Waals surface area contributed by atoms with Crippen molar-refractivity contribution in [3.63, 3.8) is 0 Å². The van der Waals surface area contributed by atoms with E-state index in [1.165, 1.54) is 0 Å². The predicted molar refractivity (Wildman–Crippen MR) is 25.9 cm³/mol. The molecule has 1 fully saturated rings. The van der Waals surface area contributed by atoms with Gasteiger partial charge in [-0.3, -0.25) is 0 Å². The van der Waals surface area contributed by atoms with Gasteiger partial charge in [-0.25, -0.2) is 9.59 Å². The highest BCUT2D eigenvalue weighted by atomic mass is 16.6. The number of amides is 1. The fraction of sp³-hybridized carbons (Fsp3) is 0.500. The second-order valence-corrected chi connectivity index (χ2v) is 1.61. The Morgan fingerprint density at radius 2 is 2.56 bits per heavy atom. The van der Waals surface area contributed by atoms with Crippen LogP contribution in [0.1, 0.15) is 0 Å². The number of nitrogens with one attached hydrogen (secondary N) is 1. The molecule has 0 unspecified atom stereocenters. The molecule has 1 amide bonds. The van der Waals surface area contributed by atoms with E-state index in [9.17, 15) is 9.59 Å². The molecule has 50 valence electrons. The largest absolute Gasteiger partial charge is 0.478 e. The van der Waals surface area contributed by atoms with Crippen molar-refractivity contribution in [2.45, 2.75) is 6.10 Å². The van der Waals surface area contributed by atoms with E-state index in [1.54, 1.807) is 0 Å². The molecule has 0 aromatic carbocycles. The Morgan fingerprint density at radius 1 is 1.89 bits per heavy atom. The van der Waals surface area contributed by atoms with E-state index in [2.05, 4.69) is 10.1 Å². The first-order valence-corrected chi connectivity index (χ1v) is 2.37. The SMILES string of the molecule is O=C1NC[C@H](C(=O)O)O1. The van der Waals surface area contributed by atoms with Gasteiger partial charge in [-0.05, 0) is 0 Å². The summed E-state index contributed by atoms with van der Waals surface area (Å²) in [6.07, 6.45) is -1.67. The van der Waals surface area contributed by atoms with Gasteiger partial charge in [0.2, 0.25) is 6.10 Å². The second-order valence-electron chi connectivity index (χ2n) is 1.61. The van der Waals surface area contributed by atoms with Crippen LogP contribution >= 0.6 is 0 Å². The average Bonchev–Trinajstić information content (AvgIpc) is 2.14. The van der Waals surface area contributed by atoms with Gasteiger partial charge in [0, 0.05) is 0 Å². The number of hydrogen-bond donors (Lipinski definition) is 2. The smallest absolute Gasteiger partial charge is 0.408 e. The molecule has 0 saturated carbocycles. The normalized spacial score (nSPS) is 24.9. The quantitative estimate of drug-likeness (QED) is 0.487. The van der Waals surface area contributed by atoms with Crippen molar-refractivity contribution in [3.8, 4) is 0 Å². The average molecular weight is 131 g/mol. The van der Waals surface area contributed by atoms with Crippen LogP contribution in [0.2, 0.25) is 0 Å². The Kier molecular flexibility index (Phi) is 1.26. The van der Waals surface area contributed by atoms with Gasteiger partial charge in [-0.1, -0.05) is 0 Å². The molecule has 0 aliphatic carbocycles. The van der Waals surface area contributed by atoms with Crippen molar-refractivity contribution in [3.05, 3.63) is 0 Å². The van der Waals surface area contributed by atoms with Crippen molar-refractivity contribution in [1.82, 2.24) is 5.32 Å². The van der Waals surface area contributed by atoms with Gasteiger partial charge in [0.25, 0.3) is 0 Å². The number of rotatable bonds is 1. The molecular weight excluding hydrogens is 126 g/mol. The zero-order chi connectivity index (χ0) is 6.85. The number of cyclic esters (lactones) is 1. The maximum atomic E-state index is 10.2. The zero-order valence-electron chi connectivity index (χ0n) is 4.46. The van der Waals surface area contributed by atoms with Crippen LogP contribution in [0.25, 0.3) is 0 Å². The summed E-state index contributed by atoms with van der Waals surface area (Å²) >= 11 is 0. The highest BCUT2D eigenvalue weighted by Crippen LogP contribution is 1.98. The summed E-state index contributed by atoms with van der Waals surface area (Å²) in [6.45, 7) is 0.0637. The molecule has 0 bridgehead atoms. The van der Waals surface area contributed by atoms with E-state index in [-0.39, 0.29) is 6.54 Å². The number of aliphatic carboxylic acids is 1. The van der Waals surface area contributed by atoms with Crippen molar-refractivity contribution in [1.29, 1.82) is 0 Å². The third-order valence-corrected chi connectivity index (χ3v) is 0.957. The molecule has 1 atom stereocenters. The lowest BCUT2D eigenvalue weighted by Crippen LogP contribution is -2.23. The molecule has 1 aliphatic heterocycles. The van der Waals surface area contributed by atoms with Crippen LogP contribution in [0.4, 0.5) is 4.79 Å². The summed E-state index contributed by atoms with van der Waals surface area (Å²) in [6, 6.07) is 0. The zero-order valence-corrected chi connectivity index (χ0v) is 4.46. The van der Waals surface area contributed by atoms with E-state index >= 15 is 0 Å². The highest BCUT2D eigenvalue weighted by Gasteiger charge is 2.28. The first kappa shape index (κ1) is 5.87. The summed E-state index contributed by atoms with van der Waals surface area (Å²) in [5.41, 5.74) is 0. The summed E-state index contributed by atoms with van der Waals surface area (Å²) in [7, 11) is 0.